The summed E-state index contributed by atoms with van der Waals surface area (Å²) in [6, 6.07) is 12.4. The topological polar surface area (TPSA) is 93.7 Å². The monoisotopic (exact) mass is 494 g/mol. The Labute approximate surface area is 209 Å². The first-order valence-electron chi connectivity index (χ1n) is 11.5. The van der Waals surface area contributed by atoms with Crippen LogP contribution in [0.4, 0.5) is 5.69 Å². The third-order valence-corrected chi connectivity index (χ3v) is 5.80. The van der Waals surface area contributed by atoms with E-state index in [2.05, 4.69) is 15.3 Å². The summed E-state index contributed by atoms with van der Waals surface area (Å²) in [5.74, 6) is 1.49. The van der Waals surface area contributed by atoms with E-state index in [0.717, 1.165) is 12.8 Å². The molecule has 0 saturated carbocycles. The van der Waals surface area contributed by atoms with Crippen molar-refractivity contribution in [2.24, 2.45) is 0 Å². The first kappa shape index (κ1) is 24.5. The van der Waals surface area contributed by atoms with E-state index < -0.39 is 0 Å². The number of fused-ring (bicyclic) bond motifs is 2. The van der Waals surface area contributed by atoms with Gasteiger partial charge in [0.25, 0.3) is 5.91 Å². The molecule has 0 fully saturated rings. The Hall–Kier alpha value is -3.65. The van der Waals surface area contributed by atoms with Crippen LogP contribution in [-0.2, 0) is 4.79 Å². The van der Waals surface area contributed by atoms with Gasteiger partial charge in [-0.25, -0.2) is 9.97 Å². The molecule has 0 aliphatic carbocycles. The third kappa shape index (κ3) is 6.27. The summed E-state index contributed by atoms with van der Waals surface area (Å²) in [5.41, 5.74) is 1.36. The lowest BCUT2D eigenvalue weighted by Crippen LogP contribution is -2.39. The average molecular weight is 495 g/mol. The second-order valence-corrected chi connectivity index (χ2v) is 8.73. The summed E-state index contributed by atoms with van der Waals surface area (Å²) in [7, 11) is 0. The highest BCUT2D eigenvalue weighted by Crippen LogP contribution is 2.36. The number of nitrogens with one attached hydrogen (secondary N) is 1. The lowest BCUT2D eigenvalue weighted by molar-refractivity contribution is -0.116. The number of rotatable bonds is 1. The zero-order valence-corrected chi connectivity index (χ0v) is 20.5. The van der Waals surface area contributed by atoms with E-state index in [1.165, 1.54) is 11.1 Å². The number of anilines is 1. The van der Waals surface area contributed by atoms with Gasteiger partial charge in [0.05, 0.1) is 23.6 Å². The zero-order chi connectivity index (χ0) is 24.8. The largest absolute Gasteiger partial charge is 0.490 e. The maximum absolute atomic E-state index is 13.3. The second-order valence-electron chi connectivity index (χ2n) is 8.29. The van der Waals surface area contributed by atoms with Crippen molar-refractivity contribution < 1.29 is 19.1 Å². The summed E-state index contributed by atoms with van der Waals surface area (Å²) in [6.45, 7) is 4.31. The number of halogens is 1. The molecule has 0 unspecified atom stereocenters. The fourth-order valence-electron chi connectivity index (χ4n) is 3.80. The Morgan fingerprint density at radius 2 is 1.86 bits per heavy atom. The van der Waals surface area contributed by atoms with Crippen LogP contribution in [0.1, 0.15) is 41.1 Å². The first-order chi connectivity index (χ1) is 16.9. The fourth-order valence-corrected chi connectivity index (χ4v) is 3.98. The number of amides is 2. The number of para-hydroxylation sites is 2. The molecular formula is C26H27ClN4O4. The van der Waals surface area contributed by atoms with E-state index >= 15 is 0 Å². The fraction of sp³-hybridized carbons (Fsp3) is 0.308. The molecule has 0 radical (unpaired) electrons. The van der Waals surface area contributed by atoms with Gasteiger partial charge in [0, 0.05) is 17.8 Å². The summed E-state index contributed by atoms with van der Waals surface area (Å²) in [4.78, 5) is 36.4. The molecule has 35 heavy (non-hydrogen) atoms. The SMILES string of the molecule is Cc1ncc(C(=O)N2CCCCCOc3ccccc3Oc3ccc(Cl)cc3NC(=O)C2)c(C)n1. The minimum absolute atomic E-state index is 0.134. The Bertz CT molecular complexity index is 1230. The van der Waals surface area contributed by atoms with Crippen LogP contribution in [0.25, 0.3) is 0 Å². The summed E-state index contributed by atoms with van der Waals surface area (Å²) < 4.78 is 12.1. The van der Waals surface area contributed by atoms with Gasteiger partial charge in [0.1, 0.15) is 12.4 Å². The molecule has 1 aliphatic heterocycles. The molecule has 3 aromatic rings. The van der Waals surface area contributed by atoms with Gasteiger partial charge in [0.15, 0.2) is 17.2 Å². The molecule has 4 rings (SSSR count). The summed E-state index contributed by atoms with van der Waals surface area (Å²) in [6.07, 6.45) is 3.85. The van der Waals surface area contributed by atoms with Crippen LogP contribution >= 0.6 is 11.6 Å². The first-order valence-corrected chi connectivity index (χ1v) is 11.9. The van der Waals surface area contributed by atoms with Crippen molar-refractivity contribution in [2.75, 3.05) is 25.0 Å². The number of benzene rings is 2. The van der Waals surface area contributed by atoms with Gasteiger partial charge in [-0.3, -0.25) is 9.59 Å². The number of aromatic nitrogens is 2. The van der Waals surface area contributed by atoms with Crippen LogP contribution in [0.5, 0.6) is 17.2 Å². The van der Waals surface area contributed by atoms with Crippen molar-refractivity contribution in [3.8, 4) is 17.2 Å². The number of carbonyl (C=O) groups is 2. The quantitative estimate of drug-likeness (QED) is 0.500. The van der Waals surface area contributed by atoms with Gasteiger partial charge in [-0.2, -0.15) is 0 Å². The second kappa shape index (κ2) is 11.2. The molecule has 2 aromatic carbocycles. The predicted molar refractivity (Wildman–Crippen MR) is 133 cm³/mol. The van der Waals surface area contributed by atoms with Crippen LogP contribution in [0.15, 0.2) is 48.7 Å². The van der Waals surface area contributed by atoms with Gasteiger partial charge in [-0.15, -0.1) is 0 Å². The maximum atomic E-state index is 13.3. The molecule has 8 nitrogen and oxygen atoms in total. The molecule has 9 heteroatoms. The van der Waals surface area contributed by atoms with E-state index in [-0.39, 0.29) is 18.4 Å². The Morgan fingerprint density at radius 1 is 1.06 bits per heavy atom. The third-order valence-electron chi connectivity index (χ3n) is 5.57. The van der Waals surface area contributed by atoms with Crippen molar-refractivity contribution >= 4 is 29.1 Å². The number of hydrogen-bond donors (Lipinski definition) is 1. The molecule has 0 spiro atoms. The minimum atomic E-state index is -0.365. The van der Waals surface area contributed by atoms with Crippen molar-refractivity contribution in [3.05, 3.63) is 70.8 Å². The molecule has 1 aromatic heterocycles. The lowest BCUT2D eigenvalue weighted by Gasteiger charge is -2.23. The molecule has 2 amide bonds. The van der Waals surface area contributed by atoms with E-state index in [1.54, 1.807) is 38.1 Å². The van der Waals surface area contributed by atoms with E-state index in [0.29, 0.717) is 64.6 Å². The highest BCUT2D eigenvalue weighted by Gasteiger charge is 2.22. The molecule has 0 atom stereocenters. The van der Waals surface area contributed by atoms with E-state index in [9.17, 15) is 9.59 Å². The average Bonchev–Trinajstić information content (AvgIpc) is 2.82. The number of ether oxygens (including phenoxy) is 2. The van der Waals surface area contributed by atoms with Gasteiger partial charge in [-0.05, 0) is 63.4 Å². The predicted octanol–water partition coefficient (Wildman–Crippen LogP) is 5.18. The van der Waals surface area contributed by atoms with Crippen LogP contribution in [0.2, 0.25) is 5.02 Å². The normalized spacial score (nSPS) is 14.8. The molecule has 182 valence electrons. The summed E-state index contributed by atoms with van der Waals surface area (Å²) in [5, 5.41) is 3.29. The molecule has 1 aliphatic rings. The van der Waals surface area contributed by atoms with Crippen molar-refractivity contribution in [1.82, 2.24) is 14.9 Å². The number of aryl methyl sites for hydroxylation is 2. The van der Waals surface area contributed by atoms with Crippen LogP contribution in [0.3, 0.4) is 0 Å². The Kier molecular flexibility index (Phi) is 7.82. The summed E-state index contributed by atoms with van der Waals surface area (Å²) >= 11 is 6.20. The molecule has 0 saturated heterocycles. The Morgan fingerprint density at radius 3 is 2.66 bits per heavy atom. The molecule has 1 N–H and O–H groups in total. The molecular weight excluding hydrogens is 468 g/mol. The van der Waals surface area contributed by atoms with Crippen molar-refractivity contribution in [2.45, 2.75) is 33.1 Å². The highest BCUT2D eigenvalue weighted by molar-refractivity contribution is 6.31. The van der Waals surface area contributed by atoms with Gasteiger partial charge in [-0.1, -0.05) is 23.7 Å². The van der Waals surface area contributed by atoms with Crippen molar-refractivity contribution in [3.63, 3.8) is 0 Å². The maximum Gasteiger partial charge on any atom is 0.257 e. The number of nitrogens with zero attached hydrogens (tertiary/aromatic N) is 3. The highest BCUT2D eigenvalue weighted by atomic mass is 35.5. The number of hydrogen-bond acceptors (Lipinski definition) is 6. The zero-order valence-electron chi connectivity index (χ0n) is 19.7. The number of carbonyl (C=O) groups excluding carboxylic acids is 2. The Balaban J connectivity index is 1.62. The van der Waals surface area contributed by atoms with Crippen molar-refractivity contribution in [1.29, 1.82) is 0 Å². The van der Waals surface area contributed by atoms with E-state index in [4.69, 9.17) is 21.1 Å². The van der Waals surface area contributed by atoms with Crippen LogP contribution in [-0.4, -0.2) is 46.4 Å². The van der Waals surface area contributed by atoms with Gasteiger partial charge >= 0.3 is 0 Å². The molecule has 2 heterocycles. The lowest BCUT2D eigenvalue weighted by atomic mass is 10.2. The van der Waals surface area contributed by atoms with Gasteiger partial charge in [0.2, 0.25) is 5.91 Å². The van der Waals surface area contributed by atoms with E-state index in [1.807, 2.05) is 18.2 Å². The smallest absolute Gasteiger partial charge is 0.257 e. The minimum Gasteiger partial charge on any atom is -0.490 e. The van der Waals surface area contributed by atoms with Gasteiger partial charge < -0.3 is 19.7 Å². The van der Waals surface area contributed by atoms with Crippen LogP contribution in [0, 0.1) is 13.8 Å². The molecule has 0 bridgehead atoms. The van der Waals surface area contributed by atoms with Crippen LogP contribution < -0.4 is 14.8 Å². The standard InChI is InChI=1S/C26H27ClN4O4/c1-17-20(15-28-18(2)29-17)26(33)31-12-6-3-7-13-34-23-8-4-5-9-24(23)35-22-11-10-19(27)14-21(22)30-25(32)16-31/h4-5,8-11,14-15H,3,6-7,12-13,16H2,1-2H3,(H,30,32).